The van der Waals surface area contributed by atoms with E-state index in [4.69, 9.17) is 0 Å². The van der Waals surface area contributed by atoms with Crippen LogP contribution in [0.4, 0.5) is 5.69 Å². The van der Waals surface area contributed by atoms with Crippen LogP contribution >= 0.6 is 0 Å². The Balaban J connectivity index is 1.84. The molecule has 3 rings (SSSR count). The van der Waals surface area contributed by atoms with Crippen molar-refractivity contribution in [3.05, 3.63) is 90.0 Å². The fourth-order valence-corrected chi connectivity index (χ4v) is 3.57. The van der Waals surface area contributed by atoms with Crippen molar-refractivity contribution < 1.29 is 23.4 Å². The SMILES string of the molecule is O=C(/C=C/c1ccc(O)c(NS(=O)(=O)c2cccc(O)c2)c1)c1ccccc1. The normalized spacial score (nSPS) is 11.4. The maximum Gasteiger partial charge on any atom is 0.262 e. The van der Waals surface area contributed by atoms with Crippen molar-refractivity contribution in [3.8, 4) is 11.5 Å². The Morgan fingerprint density at radius 1 is 0.893 bits per heavy atom. The maximum absolute atomic E-state index is 12.5. The minimum atomic E-state index is -4.01. The zero-order chi connectivity index (χ0) is 20.1. The van der Waals surface area contributed by atoms with Crippen molar-refractivity contribution in [2.24, 2.45) is 0 Å². The van der Waals surface area contributed by atoms with Crippen LogP contribution in [-0.4, -0.2) is 24.4 Å². The molecule has 0 unspecified atom stereocenters. The van der Waals surface area contributed by atoms with Crippen molar-refractivity contribution in [1.29, 1.82) is 0 Å². The average Bonchev–Trinajstić information content (AvgIpc) is 2.69. The third-order valence-corrected chi connectivity index (χ3v) is 5.24. The number of carbonyl (C=O) groups excluding carboxylic acids is 1. The number of aromatic hydroxyl groups is 2. The molecule has 28 heavy (non-hydrogen) atoms. The number of ketones is 1. The summed E-state index contributed by atoms with van der Waals surface area (Å²) in [5.74, 6) is -0.658. The van der Waals surface area contributed by atoms with Crippen LogP contribution in [0, 0.1) is 0 Å². The zero-order valence-corrected chi connectivity index (χ0v) is 15.4. The molecule has 0 aromatic heterocycles. The van der Waals surface area contributed by atoms with Crippen LogP contribution in [0.1, 0.15) is 15.9 Å². The molecule has 0 radical (unpaired) electrons. The zero-order valence-electron chi connectivity index (χ0n) is 14.6. The molecule has 3 aromatic rings. The predicted molar refractivity (Wildman–Crippen MR) is 107 cm³/mol. The van der Waals surface area contributed by atoms with E-state index in [0.29, 0.717) is 11.1 Å². The summed E-state index contributed by atoms with van der Waals surface area (Å²) in [5, 5.41) is 19.5. The maximum atomic E-state index is 12.5. The second-order valence-electron chi connectivity index (χ2n) is 5.94. The number of hydrogen-bond acceptors (Lipinski definition) is 5. The molecule has 0 aliphatic rings. The number of hydrogen-bond donors (Lipinski definition) is 3. The molecule has 6 nitrogen and oxygen atoms in total. The smallest absolute Gasteiger partial charge is 0.262 e. The van der Waals surface area contributed by atoms with Gasteiger partial charge in [0.2, 0.25) is 0 Å². The summed E-state index contributed by atoms with van der Waals surface area (Å²) in [6.45, 7) is 0. The Bertz CT molecular complexity index is 1140. The molecular weight excluding hydrogens is 378 g/mol. The van der Waals surface area contributed by atoms with E-state index in [9.17, 15) is 23.4 Å². The van der Waals surface area contributed by atoms with E-state index in [-0.39, 0.29) is 27.9 Å². The lowest BCUT2D eigenvalue weighted by molar-refractivity contribution is 0.104. The van der Waals surface area contributed by atoms with Crippen LogP contribution < -0.4 is 4.72 Å². The Morgan fingerprint density at radius 2 is 1.64 bits per heavy atom. The third-order valence-electron chi connectivity index (χ3n) is 3.88. The molecule has 3 aromatic carbocycles. The Kier molecular flexibility index (Phi) is 5.47. The summed E-state index contributed by atoms with van der Waals surface area (Å²) in [6, 6.07) is 18.2. The molecule has 0 heterocycles. The highest BCUT2D eigenvalue weighted by Gasteiger charge is 2.16. The average molecular weight is 395 g/mol. The molecule has 7 heteroatoms. The Morgan fingerprint density at radius 3 is 2.36 bits per heavy atom. The van der Waals surface area contributed by atoms with Crippen LogP contribution in [-0.2, 0) is 10.0 Å². The second kappa shape index (κ2) is 7.98. The topological polar surface area (TPSA) is 104 Å². The van der Waals surface area contributed by atoms with Gasteiger partial charge in [0.1, 0.15) is 11.5 Å². The summed E-state index contributed by atoms with van der Waals surface area (Å²) in [4.78, 5) is 12.0. The van der Waals surface area contributed by atoms with Gasteiger partial charge in [-0.3, -0.25) is 9.52 Å². The van der Waals surface area contributed by atoms with Gasteiger partial charge in [0, 0.05) is 11.6 Å². The Labute approximate surface area is 162 Å². The lowest BCUT2D eigenvalue weighted by Crippen LogP contribution is -2.13. The number of rotatable bonds is 6. The molecule has 0 saturated heterocycles. The number of phenols is 2. The number of anilines is 1. The minimum Gasteiger partial charge on any atom is -0.508 e. The molecular formula is C21H17NO5S. The van der Waals surface area contributed by atoms with Crippen LogP contribution in [0.5, 0.6) is 11.5 Å². The van der Waals surface area contributed by atoms with Crippen molar-refractivity contribution in [2.75, 3.05) is 4.72 Å². The van der Waals surface area contributed by atoms with E-state index in [0.717, 1.165) is 6.07 Å². The summed E-state index contributed by atoms with van der Waals surface area (Å²) in [5.41, 5.74) is 1.01. The van der Waals surface area contributed by atoms with E-state index in [1.165, 1.54) is 42.5 Å². The highest BCUT2D eigenvalue weighted by molar-refractivity contribution is 7.92. The number of benzene rings is 3. The summed E-state index contributed by atoms with van der Waals surface area (Å²) in [6.07, 6.45) is 2.90. The lowest BCUT2D eigenvalue weighted by atomic mass is 10.1. The second-order valence-corrected chi connectivity index (χ2v) is 7.63. The molecule has 0 amide bonds. The van der Waals surface area contributed by atoms with Crippen LogP contribution in [0.15, 0.2) is 83.8 Å². The van der Waals surface area contributed by atoms with E-state index in [1.54, 1.807) is 30.3 Å². The van der Waals surface area contributed by atoms with Gasteiger partial charge in [-0.05, 0) is 35.9 Å². The molecule has 0 aliphatic heterocycles. The van der Waals surface area contributed by atoms with E-state index < -0.39 is 10.0 Å². The molecule has 142 valence electrons. The minimum absolute atomic E-state index is 0.0438. The highest BCUT2D eigenvalue weighted by Crippen LogP contribution is 2.28. The third kappa shape index (κ3) is 4.57. The van der Waals surface area contributed by atoms with Crippen molar-refractivity contribution in [1.82, 2.24) is 0 Å². The monoisotopic (exact) mass is 395 g/mol. The number of nitrogens with one attached hydrogen (secondary N) is 1. The van der Waals surface area contributed by atoms with E-state index in [2.05, 4.69) is 4.72 Å². The quantitative estimate of drug-likeness (QED) is 0.335. The van der Waals surface area contributed by atoms with Gasteiger partial charge in [0.05, 0.1) is 10.6 Å². The first-order valence-corrected chi connectivity index (χ1v) is 9.76. The number of phenolic OH excluding ortho intramolecular Hbond substituents is 2. The van der Waals surface area contributed by atoms with Gasteiger partial charge in [0.15, 0.2) is 5.78 Å². The number of sulfonamides is 1. The molecule has 0 spiro atoms. The molecule has 0 atom stereocenters. The lowest BCUT2D eigenvalue weighted by Gasteiger charge is -2.10. The van der Waals surface area contributed by atoms with Gasteiger partial charge in [-0.15, -0.1) is 0 Å². The van der Waals surface area contributed by atoms with Gasteiger partial charge < -0.3 is 10.2 Å². The Hall–Kier alpha value is -3.58. The summed E-state index contributed by atoms with van der Waals surface area (Å²) < 4.78 is 27.2. The van der Waals surface area contributed by atoms with Crippen LogP contribution in [0.2, 0.25) is 0 Å². The van der Waals surface area contributed by atoms with Gasteiger partial charge in [-0.1, -0.05) is 48.5 Å². The van der Waals surface area contributed by atoms with Gasteiger partial charge in [0.25, 0.3) is 10.0 Å². The first-order chi connectivity index (χ1) is 13.3. The molecule has 0 saturated carbocycles. The van der Waals surface area contributed by atoms with Crippen LogP contribution in [0.25, 0.3) is 6.08 Å². The van der Waals surface area contributed by atoms with Gasteiger partial charge >= 0.3 is 0 Å². The summed E-state index contributed by atoms with van der Waals surface area (Å²) >= 11 is 0. The molecule has 3 N–H and O–H groups in total. The molecule has 0 aliphatic carbocycles. The first-order valence-electron chi connectivity index (χ1n) is 8.27. The highest BCUT2D eigenvalue weighted by atomic mass is 32.2. The molecule has 0 bridgehead atoms. The van der Waals surface area contributed by atoms with Crippen LogP contribution in [0.3, 0.4) is 0 Å². The van der Waals surface area contributed by atoms with Gasteiger partial charge in [-0.25, -0.2) is 8.42 Å². The predicted octanol–water partition coefficient (Wildman–Crippen LogP) is 3.79. The standard InChI is InChI=1S/C21H17NO5S/c23-17-7-4-8-18(14-17)28(26,27)22-19-13-15(10-12-21(19)25)9-11-20(24)16-5-2-1-3-6-16/h1-14,22-23,25H/b11-9+. The first kappa shape index (κ1) is 19.2. The van der Waals surface area contributed by atoms with E-state index in [1.807, 2.05) is 6.07 Å². The number of carbonyl (C=O) groups is 1. The van der Waals surface area contributed by atoms with Crippen molar-refractivity contribution >= 4 is 27.6 Å². The fraction of sp³-hybridized carbons (Fsp3) is 0. The van der Waals surface area contributed by atoms with E-state index >= 15 is 0 Å². The molecule has 0 fully saturated rings. The van der Waals surface area contributed by atoms with Crippen molar-refractivity contribution in [2.45, 2.75) is 4.90 Å². The van der Waals surface area contributed by atoms with Crippen molar-refractivity contribution in [3.63, 3.8) is 0 Å². The summed E-state index contributed by atoms with van der Waals surface area (Å²) in [7, 11) is -4.01. The van der Waals surface area contributed by atoms with Gasteiger partial charge in [-0.2, -0.15) is 0 Å². The fourth-order valence-electron chi connectivity index (χ4n) is 2.46. The number of allylic oxidation sites excluding steroid dienone is 1. The largest absolute Gasteiger partial charge is 0.508 e.